The number of hydrogen-bond acceptors (Lipinski definition) is 7. The van der Waals surface area contributed by atoms with Crippen molar-refractivity contribution in [2.75, 3.05) is 33.0 Å². The van der Waals surface area contributed by atoms with E-state index in [-0.39, 0.29) is 31.4 Å². The van der Waals surface area contributed by atoms with E-state index in [0.29, 0.717) is 49.7 Å². The Bertz CT molecular complexity index is 1220. The van der Waals surface area contributed by atoms with Crippen LogP contribution >= 0.6 is 0 Å². The molecule has 0 radical (unpaired) electrons. The summed E-state index contributed by atoms with van der Waals surface area (Å²) in [6.07, 6.45) is 5.88. The first kappa shape index (κ1) is 29.6. The van der Waals surface area contributed by atoms with Crippen LogP contribution < -0.4 is 15.0 Å². The highest BCUT2D eigenvalue weighted by Crippen LogP contribution is 2.44. The molecule has 2 aliphatic rings. The number of aryl methyl sites for hydroxylation is 1. The Balaban J connectivity index is 1.65. The van der Waals surface area contributed by atoms with Crippen LogP contribution in [0.15, 0.2) is 41.3 Å². The Kier molecular flexibility index (Phi) is 10.2. The van der Waals surface area contributed by atoms with Crippen LogP contribution in [0.3, 0.4) is 0 Å². The van der Waals surface area contributed by atoms with Gasteiger partial charge in [-0.3, -0.25) is 19.3 Å². The summed E-state index contributed by atoms with van der Waals surface area (Å²) in [7, 11) is 0. The fourth-order valence-corrected chi connectivity index (χ4v) is 5.88. The molecule has 0 unspecified atom stereocenters. The average molecular weight is 556 g/mol. The SMILES string of the molecule is CCCCN(CCCC)C(=O)CN1C[C@H](c2cc(CO)c3c(c2)OCO3)[C@@H](C(=O)O)[C@@H]1CCn1ccccc1=O. The normalized spacial score (nSPS) is 20.1. The van der Waals surface area contributed by atoms with Gasteiger partial charge in [-0.25, -0.2) is 0 Å². The van der Waals surface area contributed by atoms with E-state index in [2.05, 4.69) is 13.8 Å². The molecule has 4 rings (SSSR count). The summed E-state index contributed by atoms with van der Waals surface area (Å²) in [6.45, 7) is 6.13. The molecule has 2 aliphatic heterocycles. The van der Waals surface area contributed by atoms with Gasteiger partial charge in [0, 0.05) is 56.0 Å². The number of carbonyl (C=O) groups excluding carboxylic acids is 1. The van der Waals surface area contributed by atoms with Gasteiger partial charge in [0.05, 0.1) is 19.1 Å². The number of ether oxygens (including phenoxy) is 2. The highest BCUT2D eigenvalue weighted by molar-refractivity contribution is 5.79. The third-order valence-corrected chi connectivity index (χ3v) is 8.02. The molecule has 1 saturated heterocycles. The summed E-state index contributed by atoms with van der Waals surface area (Å²) >= 11 is 0. The molecule has 3 heterocycles. The molecule has 218 valence electrons. The van der Waals surface area contributed by atoms with Gasteiger partial charge < -0.3 is 29.2 Å². The molecular formula is C30H41N3O7. The third-order valence-electron chi connectivity index (χ3n) is 8.02. The molecule has 10 nitrogen and oxygen atoms in total. The van der Waals surface area contributed by atoms with E-state index in [1.807, 2.05) is 9.80 Å². The Morgan fingerprint density at radius 1 is 1.10 bits per heavy atom. The van der Waals surface area contributed by atoms with Crippen molar-refractivity contribution in [2.24, 2.45) is 5.92 Å². The number of amides is 1. The number of likely N-dealkylation sites (tertiary alicyclic amines) is 1. The third kappa shape index (κ3) is 6.67. The van der Waals surface area contributed by atoms with Crippen molar-refractivity contribution in [1.29, 1.82) is 0 Å². The maximum atomic E-state index is 13.6. The number of aliphatic carboxylic acids is 1. The zero-order chi connectivity index (χ0) is 28.6. The van der Waals surface area contributed by atoms with Gasteiger partial charge in [0.2, 0.25) is 18.3 Å². The van der Waals surface area contributed by atoms with Crippen molar-refractivity contribution in [2.45, 2.75) is 71.1 Å². The van der Waals surface area contributed by atoms with Gasteiger partial charge in [-0.1, -0.05) is 32.8 Å². The number of aliphatic hydroxyl groups excluding tert-OH is 1. The van der Waals surface area contributed by atoms with E-state index in [1.165, 1.54) is 6.07 Å². The molecule has 2 N–H and O–H groups in total. The predicted molar refractivity (Wildman–Crippen MR) is 149 cm³/mol. The topological polar surface area (TPSA) is 122 Å². The van der Waals surface area contributed by atoms with Gasteiger partial charge in [0.25, 0.3) is 0 Å². The smallest absolute Gasteiger partial charge is 0.308 e. The molecule has 1 aromatic heterocycles. The molecule has 0 bridgehead atoms. The number of carboxylic acid groups (broad SMARTS) is 1. The number of carboxylic acids is 1. The molecule has 3 atom stereocenters. The molecular weight excluding hydrogens is 514 g/mol. The molecule has 10 heteroatoms. The van der Waals surface area contributed by atoms with Crippen LogP contribution in [0, 0.1) is 5.92 Å². The minimum atomic E-state index is -0.956. The molecule has 1 amide bonds. The maximum absolute atomic E-state index is 13.6. The van der Waals surface area contributed by atoms with Gasteiger partial charge >= 0.3 is 5.97 Å². The van der Waals surface area contributed by atoms with E-state index in [1.54, 1.807) is 35.0 Å². The lowest BCUT2D eigenvalue weighted by Gasteiger charge is -2.30. The van der Waals surface area contributed by atoms with Gasteiger partial charge in [-0.05, 0) is 43.0 Å². The molecule has 0 spiro atoms. The van der Waals surface area contributed by atoms with Crippen molar-refractivity contribution in [3.63, 3.8) is 0 Å². The molecule has 0 aliphatic carbocycles. The van der Waals surface area contributed by atoms with Crippen molar-refractivity contribution in [3.05, 3.63) is 58.0 Å². The standard InChI is InChI=1S/C30H41N3O7/c1-3-5-11-31(12-6-4-2)27(36)18-33-17-23(21-15-22(19-34)29-25(16-21)39-20-40-29)28(30(37)38)24(33)10-14-32-13-8-7-9-26(32)35/h7-9,13,15-16,23-24,28,34H,3-6,10-12,14,17-20H2,1-2H3,(H,37,38)/t23-,24+,28-/m1/s1. The van der Waals surface area contributed by atoms with Gasteiger partial charge in [-0.15, -0.1) is 0 Å². The lowest BCUT2D eigenvalue weighted by Crippen LogP contribution is -2.45. The monoisotopic (exact) mass is 555 g/mol. The van der Waals surface area contributed by atoms with Crippen molar-refractivity contribution in [3.8, 4) is 11.5 Å². The lowest BCUT2D eigenvalue weighted by atomic mass is 9.83. The number of benzene rings is 1. The largest absolute Gasteiger partial charge is 0.481 e. The zero-order valence-corrected chi connectivity index (χ0v) is 23.5. The fraction of sp³-hybridized carbons (Fsp3) is 0.567. The van der Waals surface area contributed by atoms with Crippen LogP contribution in [0.5, 0.6) is 11.5 Å². The first-order valence-electron chi connectivity index (χ1n) is 14.3. The van der Waals surface area contributed by atoms with E-state index >= 15 is 0 Å². The van der Waals surface area contributed by atoms with E-state index in [4.69, 9.17) is 9.47 Å². The van der Waals surface area contributed by atoms with E-state index in [0.717, 1.165) is 31.2 Å². The van der Waals surface area contributed by atoms with Gasteiger partial charge in [0.15, 0.2) is 11.5 Å². The summed E-state index contributed by atoms with van der Waals surface area (Å²) in [4.78, 5) is 42.6. The number of pyridine rings is 1. The van der Waals surface area contributed by atoms with Gasteiger partial charge in [0.1, 0.15) is 0 Å². The first-order chi connectivity index (χ1) is 19.4. The van der Waals surface area contributed by atoms with Crippen LogP contribution in [0.1, 0.15) is 63.0 Å². The Labute approximate surface area is 235 Å². The summed E-state index contributed by atoms with van der Waals surface area (Å²) in [6, 6.07) is 8.04. The molecule has 1 aromatic carbocycles. The number of fused-ring (bicyclic) bond motifs is 1. The summed E-state index contributed by atoms with van der Waals surface area (Å²) < 4.78 is 12.7. The number of carbonyl (C=O) groups is 2. The minimum absolute atomic E-state index is 0.00435. The highest BCUT2D eigenvalue weighted by atomic mass is 16.7. The predicted octanol–water partition coefficient (Wildman–Crippen LogP) is 3.06. The summed E-state index contributed by atoms with van der Waals surface area (Å²) in [5, 5.41) is 20.4. The Morgan fingerprint density at radius 3 is 2.50 bits per heavy atom. The van der Waals surface area contributed by atoms with Crippen LogP contribution in [0.2, 0.25) is 0 Å². The van der Waals surface area contributed by atoms with E-state index in [9.17, 15) is 24.6 Å². The molecule has 40 heavy (non-hydrogen) atoms. The number of unbranched alkanes of at least 4 members (excludes halogenated alkanes) is 2. The number of nitrogens with zero attached hydrogens (tertiary/aromatic N) is 3. The van der Waals surface area contributed by atoms with Crippen molar-refractivity contribution in [1.82, 2.24) is 14.4 Å². The lowest BCUT2D eigenvalue weighted by molar-refractivity contribution is -0.144. The summed E-state index contributed by atoms with van der Waals surface area (Å²) in [5.74, 6) is -1.26. The van der Waals surface area contributed by atoms with E-state index < -0.39 is 23.8 Å². The van der Waals surface area contributed by atoms with Crippen LogP contribution in [0.4, 0.5) is 0 Å². The second kappa shape index (κ2) is 13.8. The molecule has 0 saturated carbocycles. The van der Waals surface area contributed by atoms with Crippen molar-refractivity contribution < 1.29 is 29.3 Å². The molecule has 1 fully saturated rings. The maximum Gasteiger partial charge on any atom is 0.308 e. The Morgan fingerprint density at radius 2 is 1.85 bits per heavy atom. The number of rotatable bonds is 14. The Hall–Kier alpha value is -3.37. The van der Waals surface area contributed by atoms with Crippen molar-refractivity contribution >= 4 is 11.9 Å². The summed E-state index contributed by atoms with van der Waals surface area (Å²) in [5.41, 5.74) is 1.12. The quantitative estimate of drug-likeness (QED) is 0.365. The molecule has 2 aromatic rings. The second-order valence-electron chi connectivity index (χ2n) is 10.6. The number of aliphatic hydroxyl groups is 1. The van der Waals surface area contributed by atoms with Crippen LogP contribution in [0.25, 0.3) is 0 Å². The van der Waals surface area contributed by atoms with Crippen LogP contribution in [-0.4, -0.2) is 75.5 Å². The first-order valence-corrected chi connectivity index (χ1v) is 14.3. The average Bonchev–Trinajstić information content (AvgIpc) is 3.57. The van der Waals surface area contributed by atoms with Crippen LogP contribution in [-0.2, 0) is 22.7 Å². The minimum Gasteiger partial charge on any atom is -0.481 e. The number of aromatic nitrogens is 1. The van der Waals surface area contributed by atoms with Gasteiger partial charge in [-0.2, -0.15) is 0 Å². The fourth-order valence-electron chi connectivity index (χ4n) is 5.88. The second-order valence-corrected chi connectivity index (χ2v) is 10.6. The zero-order valence-electron chi connectivity index (χ0n) is 23.5. The highest BCUT2D eigenvalue weighted by Gasteiger charge is 2.47. The number of hydrogen-bond donors (Lipinski definition) is 2.